The number of carbonyl (C=O) groups is 1. The fraction of sp³-hybridized carbons (Fsp3) is 0.333. The summed E-state index contributed by atoms with van der Waals surface area (Å²) in [5, 5.41) is 4.93. The number of halogens is 6. The van der Waals surface area contributed by atoms with E-state index >= 15 is 0 Å². The molecule has 0 saturated carbocycles. The maximum atomic E-state index is 12.7. The number of nitrogens with zero attached hydrogens (tertiary/aromatic N) is 1. The van der Waals surface area contributed by atoms with Gasteiger partial charge in [0.2, 0.25) is 5.91 Å². The number of benzene rings is 1. The summed E-state index contributed by atoms with van der Waals surface area (Å²) in [5.41, 5.74) is -3.30. The van der Waals surface area contributed by atoms with Gasteiger partial charge in [0.15, 0.2) is 5.11 Å². The van der Waals surface area contributed by atoms with Gasteiger partial charge in [-0.15, -0.1) is 0 Å². The van der Waals surface area contributed by atoms with Gasteiger partial charge >= 0.3 is 12.4 Å². The van der Waals surface area contributed by atoms with E-state index in [1.807, 2.05) is 0 Å². The average molecular weight is 357 g/mol. The third-order valence-electron chi connectivity index (χ3n) is 2.97. The van der Waals surface area contributed by atoms with Crippen LogP contribution in [0.2, 0.25) is 0 Å². The Morgan fingerprint density at radius 2 is 1.61 bits per heavy atom. The van der Waals surface area contributed by atoms with Crippen molar-refractivity contribution < 1.29 is 31.1 Å². The zero-order valence-electron chi connectivity index (χ0n) is 11.2. The lowest BCUT2D eigenvalue weighted by Gasteiger charge is -2.18. The first kappa shape index (κ1) is 17.3. The summed E-state index contributed by atoms with van der Waals surface area (Å²) in [6, 6.07) is 1.09. The number of hydrogen-bond donors (Lipinski definition) is 2. The van der Waals surface area contributed by atoms with Crippen LogP contribution in [0.4, 0.5) is 32.0 Å². The standard InChI is InChI=1S/C12H9F6N3OS/c13-11(14,15)6-1-7(12(16,17)18)3-8(2-6)20-5-21-9(22)4-19-10(21)23/h1-3,20H,4-5H2,(H,19,23). The van der Waals surface area contributed by atoms with E-state index in [1.54, 1.807) is 0 Å². The second kappa shape index (κ2) is 5.87. The fourth-order valence-corrected chi connectivity index (χ4v) is 2.08. The van der Waals surface area contributed by atoms with Crippen LogP contribution >= 0.6 is 12.2 Å². The van der Waals surface area contributed by atoms with E-state index in [0.29, 0.717) is 12.1 Å². The second-order valence-corrected chi connectivity index (χ2v) is 5.00. The Bertz CT molecular complexity index is 594. The Morgan fingerprint density at radius 3 is 2.00 bits per heavy atom. The quantitative estimate of drug-likeness (QED) is 0.645. The molecule has 1 saturated heterocycles. The number of amides is 1. The van der Waals surface area contributed by atoms with Crippen LogP contribution in [-0.2, 0) is 17.1 Å². The molecule has 0 spiro atoms. The number of rotatable bonds is 3. The summed E-state index contributed by atoms with van der Waals surface area (Å²) < 4.78 is 76.3. The Hall–Kier alpha value is -2.04. The molecule has 23 heavy (non-hydrogen) atoms. The minimum Gasteiger partial charge on any atom is -0.367 e. The Labute approximate surface area is 131 Å². The van der Waals surface area contributed by atoms with Crippen LogP contribution in [0, 0.1) is 0 Å². The maximum absolute atomic E-state index is 12.7. The summed E-state index contributed by atoms with van der Waals surface area (Å²) in [6.45, 7) is -0.416. The lowest BCUT2D eigenvalue weighted by atomic mass is 10.1. The van der Waals surface area contributed by atoms with Gasteiger partial charge in [0.25, 0.3) is 0 Å². The Kier molecular flexibility index (Phi) is 4.42. The molecule has 126 valence electrons. The highest BCUT2D eigenvalue weighted by molar-refractivity contribution is 7.80. The van der Waals surface area contributed by atoms with E-state index < -0.39 is 35.1 Å². The largest absolute Gasteiger partial charge is 0.416 e. The summed E-state index contributed by atoms with van der Waals surface area (Å²) >= 11 is 4.80. The number of nitrogens with one attached hydrogen (secondary N) is 2. The summed E-state index contributed by atoms with van der Waals surface area (Å²) in [5.74, 6) is -0.439. The third kappa shape index (κ3) is 4.03. The number of hydrogen-bond acceptors (Lipinski definition) is 3. The van der Waals surface area contributed by atoms with Crippen molar-refractivity contribution in [3.8, 4) is 0 Å². The molecule has 1 amide bonds. The van der Waals surface area contributed by atoms with Crippen LogP contribution in [0.1, 0.15) is 11.1 Å². The van der Waals surface area contributed by atoms with Crippen molar-refractivity contribution in [3.63, 3.8) is 0 Å². The molecule has 11 heteroatoms. The van der Waals surface area contributed by atoms with E-state index in [-0.39, 0.29) is 24.4 Å². The molecule has 2 rings (SSSR count). The third-order valence-corrected chi connectivity index (χ3v) is 3.33. The molecular weight excluding hydrogens is 348 g/mol. The molecule has 1 aromatic rings. The van der Waals surface area contributed by atoms with E-state index in [0.717, 1.165) is 4.90 Å². The smallest absolute Gasteiger partial charge is 0.367 e. The summed E-state index contributed by atoms with van der Waals surface area (Å²) in [7, 11) is 0. The lowest BCUT2D eigenvalue weighted by molar-refractivity contribution is -0.143. The Morgan fingerprint density at radius 1 is 1.09 bits per heavy atom. The molecule has 0 radical (unpaired) electrons. The first-order valence-corrected chi connectivity index (χ1v) is 6.51. The fourth-order valence-electron chi connectivity index (χ4n) is 1.84. The van der Waals surface area contributed by atoms with Crippen molar-refractivity contribution >= 4 is 28.9 Å². The molecule has 4 nitrogen and oxygen atoms in total. The Balaban J connectivity index is 2.27. The molecule has 1 aromatic carbocycles. The van der Waals surface area contributed by atoms with Crippen LogP contribution in [0.3, 0.4) is 0 Å². The van der Waals surface area contributed by atoms with Gasteiger partial charge in [-0.3, -0.25) is 9.69 Å². The van der Waals surface area contributed by atoms with Gasteiger partial charge in [-0.05, 0) is 30.4 Å². The first-order chi connectivity index (χ1) is 10.5. The first-order valence-electron chi connectivity index (χ1n) is 6.10. The molecule has 1 heterocycles. The zero-order chi connectivity index (χ0) is 17.4. The lowest BCUT2D eigenvalue weighted by Crippen LogP contribution is -2.35. The second-order valence-electron chi connectivity index (χ2n) is 4.61. The van der Waals surface area contributed by atoms with Crippen LogP contribution in [0.25, 0.3) is 0 Å². The maximum Gasteiger partial charge on any atom is 0.416 e. The predicted molar refractivity (Wildman–Crippen MR) is 72.4 cm³/mol. The highest BCUT2D eigenvalue weighted by Gasteiger charge is 2.37. The zero-order valence-corrected chi connectivity index (χ0v) is 12.0. The number of alkyl halides is 6. The number of thiocarbonyl (C=S) groups is 1. The van der Waals surface area contributed by atoms with Crippen molar-refractivity contribution in [1.82, 2.24) is 10.2 Å². The highest BCUT2D eigenvalue weighted by Crippen LogP contribution is 2.37. The van der Waals surface area contributed by atoms with Crippen LogP contribution in [0.15, 0.2) is 18.2 Å². The van der Waals surface area contributed by atoms with Crippen molar-refractivity contribution in [2.45, 2.75) is 12.4 Å². The molecular formula is C12H9F6N3OS. The molecule has 0 bridgehead atoms. The molecule has 1 aliphatic heterocycles. The highest BCUT2D eigenvalue weighted by atomic mass is 32.1. The summed E-state index contributed by atoms with van der Waals surface area (Å²) in [6.07, 6.45) is -9.87. The van der Waals surface area contributed by atoms with Gasteiger partial charge in [-0.25, -0.2) is 0 Å². The monoisotopic (exact) mass is 357 g/mol. The topological polar surface area (TPSA) is 44.4 Å². The predicted octanol–water partition coefficient (Wildman–Crippen LogP) is 2.81. The van der Waals surface area contributed by atoms with Gasteiger partial charge in [0, 0.05) is 5.69 Å². The number of carbonyl (C=O) groups excluding carboxylic acids is 1. The molecule has 1 fully saturated rings. The normalized spacial score (nSPS) is 15.8. The minimum atomic E-state index is -4.93. The van der Waals surface area contributed by atoms with E-state index in [4.69, 9.17) is 12.2 Å². The van der Waals surface area contributed by atoms with Gasteiger partial charge in [0.05, 0.1) is 24.3 Å². The van der Waals surface area contributed by atoms with E-state index in [9.17, 15) is 31.1 Å². The molecule has 0 unspecified atom stereocenters. The van der Waals surface area contributed by atoms with Crippen molar-refractivity contribution in [3.05, 3.63) is 29.3 Å². The van der Waals surface area contributed by atoms with Crippen LogP contribution in [-0.4, -0.2) is 29.1 Å². The van der Waals surface area contributed by atoms with E-state index in [2.05, 4.69) is 10.6 Å². The van der Waals surface area contributed by atoms with Gasteiger partial charge in [-0.2, -0.15) is 26.3 Å². The minimum absolute atomic E-state index is 0.0262. The van der Waals surface area contributed by atoms with Gasteiger partial charge in [0.1, 0.15) is 0 Å². The summed E-state index contributed by atoms with van der Waals surface area (Å²) in [4.78, 5) is 12.4. The molecule has 0 aliphatic carbocycles. The van der Waals surface area contributed by atoms with E-state index in [1.165, 1.54) is 0 Å². The van der Waals surface area contributed by atoms with Crippen LogP contribution < -0.4 is 10.6 Å². The van der Waals surface area contributed by atoms with Crippen LogP contribution in [0.5, 0.6) is 0 Å². The van der Waals surface area contributed by atoms with Crippen molar-refractivity contribution in [1.29, 1.82) is 0 Å². The van der Waals surface area contributed by atoms with Gasteiger partial charge in [-0.1, -0.05) is 0 Å². The number of anilines is 1. The van der Waals surface area contributed by atoms with Crippen molar-refractivity contribution in [2.24, 2.45) is 0 Å². The molecule has 0 atom stereocenters. The molecule has 1 aliphatic rings. The molecule has 2 N–H and O–H groups in total. The van der Waals surface area contributed by atoms with Crippen molar-refractivity contribution in [2.75, 3.05) is 18.5 Å². The SMILES string of the molecule is O=C1CNC(=S)N1CNc1cc(C(F)(F)F)cc(C(F)(F)F)c1. The van der Waals surface area contributed by atoms with Gasteiger partial charge < -0.3 is 10.6 Å². The average Bonchev–Trinajstić information content (AvgIpc) is 2.73. The molecule has 0 aromatic heterocycles.